The first-order valence-corrected chi connectivity index (χ1v) is 12.6. The maximum Gasteiger partial charge on any atom is 0.112 e. The molecule has 0 fully saturated rings. The van der Waals surface area contributed by atoms with E-state index < -0.39 is 7.26 Å². The Morgan fingerprint density at radius 3 is 1.41 bits per heavy atom. The third-order valence-corrected chi connectivity index (χ3v) is 9.83. The molecule has 0 spiro atoms. The lowest BCUT2D eigenvalue weighted by molar-refractivity contribution is -0.00000559. The molecular formula is C27H32IP. The molecule has 0 aliphatic heterocycles. The molecule has 0 aliphatic rings. The second-order valence-corrected chi connectivity index (χ2v) is 10.9. The van der Waals surface area contributed by atoms with Gasteiger partial charge >= 0.3 is 0 Å². The van der Waals surface area contributed by atoms with E-state index in [9.17, 15) is 0 Å². The van der Waals surface area contributed by atoms with Crippen LogP contribution in [-0.4, -0.2) is 6.16 Å². The van der Waals surface area contributed by atoms with Crippen LogP contribution in [0.1, 0.15) is 39.0 Å². The molecule has 152 valence electrons. The predicted octanol–water partition coefficient (Wildman–Crippen LogP) is 3.51. The third-order valence-electron chi connectivity index (χ3n) is 5.36. The molecule has 0 radical (unpaired) electrons. The van der Waals surface area contributed by atoms with Gasteiger partial charge in [-0.3, -0.25) is 0 Å². The molecule has 2 heteroatoms. The van der Waals surface area contributed by atoms with Crippen LogP contribution < -0.4 is 39.9 Å². The largest absolute Gasteiger partial charge is 1.00 e. The summed E-state index contributed by atoms with van der Waals surface area (Å²) in [4.78, 5) is 0. The summed E-state index contributed by atoms with van der Waals surface area (Å²) in [5, 5.41) is 4.44. The summed E-state index contributed by atoms with van der Waals surface area (Å²) < 4.78 is 0. The number of hydrogen-bond donors (Lipinski definition) is 0. The molecule has 0 bridgehead atoms. The fourth-order valence-corrected chi connectivity index (χ4v) is 8.15. The molecule has 29 heavy (non-hydrogen) atoms. The van der Waals surface area contributed by atoms with E-state index in [4.69, 9.17) is 0 Å². The quantitative estimate of drug-likeness (QED) is 0.168. The topological polar surface area (TPSA) is 0 Å². The van der Waals surface area contributed by atoms with Gasteiger partial charge in [-0.1, -0.05) is 86.5 Å². The first-order chi connectivity index (χ1) is 13.9. The number of halogens is 1. The Labute approximate surface area is 194 Å². The molecule has 0 saturated heterocycles. The predicted molar refractivity (Wildman–Crippen MR) is 128 cm³/mol. The minimum Gasteiger partial charge on any atom is -1.00 e. The van der Waals surface area contributed by atoms with Crippen LogP contribution in [-0.2, 0) is 0 Å². The van der Waals surface area contributed by atoms with Gasteiger partial charge in [0.25, 0.3) is 0 Å². The van der Waals surface area contributed by atoms with Crippen molar-refractivity contribution in [1.82, 2.24) is 0 Å². The number of benzene rings is 3. The fraction of sp³-hybridized carbons (Fsp3) is 0.259. The van der Waals surface area contributed by atoms with E-state index >= 15 is 0 Å². The van der Waals surface area contributed by atoms with Gasteiger partial charge in [0.15, 0.2) is 0 Å². The van der Waals surface area contributed by atoms with E-state index in [1.54, 1.807) is 0 Å². The molecule has 0 saturated carbocycles. The lowest BCUT2D eigenvalue weighted by Gasteiger charge is -2.27. The minimum atomic E-state index is -1.67. The smallest absolute Gasteiger partial charge is 0.112 e. The standard InChI is InChI=1S/C27H32P.HI/c1-2-3-4-5-6-7-17-24-28(25-18-11-8-12-19-25,26-20-13-9-14-21-26)27-22-15-10-16-23-27;/h6-16,18-23H,2-5,17,24H2,1H3;1H/q+1;/p-1/b7-6+;. The van der Waals surface area contributed by atoms with Crippen molar-refractivity contribution in [3.8, 4) is 0 Å². The van der Waals surface area contributed by atoms with Crippen LogP contribution in [0.3, 0.4) is 0 Å². The highest BCUT2D eigenvalue weighted by Gasteiger charge is 2.44. The summed E-state index contributed by atoms with van der Waals surface area (Å²) in [6, 6.07) is 33.5. The average Bonchev–Trinajstić information content (AvgIpc) is 2.78. The monoisotopic (exact) mass is 514 g/mol. The van der Waals surface area contributed by atoms with Gasteiger partial charge in [0.05, 0.1) is 6.16 Å². The van der Waals surface area contributed by atoms with Gasteiger partial charge in [0.2, 0.25) is 0 Å². The Hall–Kier alpha value is -1.44. The SMILES string of the molecule is CCCCC/C=C/CC[P+](c1ccccc1)(c1ccccc1)c1ccccc1.[I-]. The number of allylic oxidation sites excluding steroid dienone is 2. The van der Waals surface area contributed by atoms with Crippen molar-refractivity contribution in [3.63, 3.8) is 0 Å². The Kier molecular flexibility index (Phi) is 10.7. The van der Waals surface area contributed by atoms with Crippen LogP contribution in [0, 0.1) is 0 Å². The van der Waals surface area contributed by atoms with E-state index in [1.807, 2.05) is 0 Å². The highest BCUT2D eigenvalue weighted by atomic mass is 127. The summed E-state index contributed by atoms with van der Waals surface area (Å²) in [7, 11) is -1.67. The van der Waals surface area contributed by atoms with Crippen LogP contribution >= 0.6 is 7.26 Å². The second kappa shape index (κ2) is 13.0. The van der Waals surface area contributed by atoms with E-state index in [-0.39, 0.29) is 24.0 Å². The van der Waals surface area contributed by atoms with Crippen LogP contribution in [0.25, 0.3) is 0 Å². The molecule has 0 amide bonds. The van der Waals surface area contributed by atoms with Crippen molar-refractivity contribution in [1.29, 1.82) is 0 Å². The summed E-state index contributed by atoms with van der Waals surface area (Å²) in [5.41, 5.74) is 0. The van der Waals surface area contributed by atoms with Crippen molar-refractivity contribution in [2.75, 3.05) is 6.16 Å². The zero-order chi connectivity index (χ0) is 19.5. The Morgan fingerprint density at radius 1 is 0.586 bits per heavy atom. The van der Waals surface area contributed by atoms with Crippen LogP contribution in [0.5, 0.6) is 0 Å². The fourth-order valence-electron chi connectivity index (χ4n) is 3.90. The zero-order valence-corrected chi connectivity index (χ0v) is 20.4. The summed E-state index contributed by atoms with van der Waals surface area (Å²) in [6.45, 7) is 2.27. The third kappa shape index (κ3) is 6.27. The van der Waals surface area contributed by atoms with E-state index in [2.05, 4.69) is 110 Å². The van der Waals surface area contributed by atoms with Gasteiger partial charge in [-0.2, -0.15) is 0 Å². The van der Waals surface area contributed by atoms with Gasteiger partial charge in [0, 0.05) is 6.42 Å². The van der Waals surface area contributed by atoms with Crippen molar-refractivity contribution in [2.45, 2.75) is 39.0 Å². The maximum atomic E-state index is 2.42. The Morgan fingerprint density at radius 2 is 1.00 bits per heavy atom. The van der Waals surface area contributed by atoms with Gasteiger partial charge in [-0.25, -0.2) is 0 Å². The molecule has 0 N–H and O–H groups in total. The Balaban J connectivity index is 0.00000300. The second-order valence-electron chi connectivity index (χ2n) is 7.30. The van der Waals surface area contributed by atoms with Gasteiger partial charge in [-0.15, -0.1) is 0 Å². The van der Waals surface area contributed by atoms with Gasteiger partial charge < -0.3 is 24.0 Å². The molecule has 0 aromatic heterocycles. The molecule has 3 aromatic carbocycles. The molecule has 0 heterocycles. The summed E-state index contributed by atoms with van der Waals surface area (Å²) in [6.07, 6.45) is 12.3. The maximum absolute atomic E-state index is 2.42. The van der Waals surface area contributed by atoms with Crippen LogP contribution in [0.15, 0.2) is 103 Å². The van der Waals surface area contributed by atoms with Gasteiger partial charge in [0.1, 0.15) is 23.2 Å². The van der Waals surface area contributed by atoms with Crippen molar-refractivity contribution < 1.29 is 24.0 Å². The molecule has 0 unspecified atom stereocenters. The average molecular weight is 514 g/mol. The first kappa shape index (κ1) is 23.8. The minimum absolute atomic E-state index is 0. The Bertz CT molecular complexity index is 732. The lowest BCUT2D eigenvalue weighted by Crippen LogP contribution is -3.00. The molecular weight excluding hydrogens is 482 g/mol. The van der Waals surface area contributed by atoms with Crippen LogP contribution in [0.2, 0.25) is 0 Å². The lowest BCUT2D eigenvalue weighted by atomic mass is 10.2. The summed E-state index contributed by atoms with van der Waals surface area (Å²) in [5.74, 6) is 0. The zero-order valence-electron chi connectivity index (χ0n) is 17.4. The van der Waals surface area contributed by atoms with E-state index in [1.165, 1.54) is 47.8 Å². The van der Waals surface area contributed by atoms with Crippen molar-refractivity contribution in [2.24, 2.45) is 0 Å². The molecule has 3 rings (SSSR count). The number of hydrogen-bond acceptors (Lipinski definition) is 0. The van der Waals surface area contributed by atoms with Crippen molar-refractivity contribution >= 4 is 23.2 Å². The van der Waals surface area contributed by atoms with Crippen molar-refractivity contribution in [3.05, 3.63) is 103 Å². The van der Waals surface area contributed by atoms with Crippen LogP contribution in [0.4, 0.5) is 0 Å². The van der Waals surface area contributed by atoms with E-state index in [0.717, 1.165) is 6.42 Å². The molecule has 0 nitrogen and oxygen atoms in total. The molecule has 0 aliphatic carbocycles. The highest BCUT2D eigenvalue weighted by molar-refractivity contribution is 7.95. The summed E-state index contributed by atoms with van der Waals surface area (Å²) >= 11 is 0. The number of unbranched alkanes of at least 4 members (excludes halogenated alkanes) is 3. The van der Waals surface area contributed by atoms with E-state index in [0.29, 0.717) is 0 Å². The highest BCUT2D eigenvalue weighted by Crippen LogP contribution is 2.55. The number of rotatable bonds is 10. The molecule has 0 atom stereocenters. The normalized spacial score (nSPS) is 11.3. The van der Waals surface area contributed by atoms with Gasteiger partial charge in [-0.05, 0) is 49.2 Å². The first-order valence-electron chi connectivity index (χ1n) is 10.6. The molecule has 3 aromatic rings.